The molecule has 0 amide bonds. The normalized spacial score (nSPS) is 17.3. The number of hydrogen-bond donors (Lipinski definition) is 0. The molecule has 0 atom stereocenters. The van der Waals surface area contributed by atoms with Gasteiger partial charge in [0.2, 0.25) is 0 Å². The molecule has 1 aromatic carbocycles. The minimum Gasteiger partial charge on any atom is -0.294 e. The maximum atomic E-state index is 12.2. The first-order valence-corrected chi connectivity index (χ1v) is 6.47. The minimum atomic E-state index is 0.0844. The van der Waals surface area contributed by atoms with Crippen LogP contribution in [0.5, 0.6) is 0 Å². The van der Waals surface area contributed by atoms with Crippen molar-refractivity contribution < 1.29 is 4.79 Å². The molecule has 4 heteroatoms. The number of carbonyl (C=O) groups is 1. The molecule has 0 saturated carbocycles. The highest BCUT2D eigenvalue weighted by Gasteiger charge is 2.25. The van der Waals surface area contributed by atoms with Gasteiger partial charge in [0, 0.05) is 16.5 Å². The summed E-state index contributed by atoms with van der Waals surface area (Å²) < 4.78 is 0. The van der Waals surface area contributed by atoms with Crippen molar-refractivity contribution >= 4 is 17.4 Å². The van der Waals surface area contributed by atoms with Gasteiger partial charge in [-0.1, -0.05) is 11.6 Å². The zero-order chi connectivity index (χ0) is 13.0. The SMILES string of the molecule is N#CCN1CCC(C(=O)c2ccc(Cl)cc2)CC1. The lowest BCUT2D eigenvalue weighted by atomic mass is 9.89. The van der Waals surface area contributed by atoms with Crippen LogP contribution in [0.3, 0.4) is 0 Å². The topological polar surface area (TPSA) is 44.1 Å². The predicted octanol–water partition coefficient (Wildman–Crippen LogP) is 2.76. The molecule has 94 valence electrons. The second-order valence-corrected chi connectivity index (χ2v) is 5.02. The molecular weight excluding hydrogens is 248 g/mol. The van der Waals surface area contributed by atoms with Gasteiger partial charge in [-0.25, -0.2) is 0 Å². The number of carbonyl (C=O) groups excluding carboxylic acids is 1. The van der Waals surface area contributed by atoms with Crippen LogP contribution in [0.25, 0.3) is 0 Å². The first-order valence-electron chi connectivity index (χ1n) is 6.10. The average molecular weight is 263 g/mol. The third-order valence-corrected chi connectivity index (χ3v) is 3.63. The summed E-state index contributed by atoms with van der Waals surface area (Å²) in [7, 11) is 0. The average Bonchev–Trinajstić information content (AvgIpc) is 2.40. The molecule has 18 heavy (non-hydrogen) atoms. The Kier molecular flexibility index (Phi) is 4.35. The third kappa shape index (κ3) is 3.10. The van der Waals surface area contributed by atoms with Crippen molar-refractivity contribution in [2.45, 2.75) is 12.8 Å². The van der Waals surface area contributed by atoms with E-state index in [2.05, 4.69) is 11.0 Å². The first kappa shape index (κ1) is 13.1. The quantitative estimate of drug-likeness (QED) is 0.621. The van der Waals surface area contributed by atoms with Gasteiger partial charge in [0.1, 0.15) is 0 Å². The highest BCUT2D eigenvalue weighted by atomic mass is 35.5. The number of halogens is 1. The summed E-state index contributed by atoms with van der Waals surface area (Å²) in [5.74, 6) is 0.282. The van der Waals surface area contributed by atoms with Crippen LogP contribution in [0.4, 0.5) is 0 Å². The maximum absolute atomic E-state index is 12.2. The van der Waals surface area contributed by atoms with Gasteiger partial charge >= 0.3 is 0 Å². The van der Waals surface area contributed by atoms with E-state index in [1.807, 2.05) is 0 Å². The molecule has 0 spiro atoms. The van der Waals surface area contributed by atoms with Crippen LogP contribution in [0.2, 0.25) is 5.02 Å². The minimum absolute atomic E-state index is 0.0844. The summed E-state index contributed by atoms with van der Waals surface area (Å²) in [5.41, 5.74) is 0.734. The number of piperidine rings is 1. The summed E-state index contributed by atoms with van der Waals surface area (Å²) in [6.07, 6.45) is 1.67. The molecule has 0 aromatic heterocycles. The van der Waals surface area contributed by atoms with Gasteiger partial charge in [-0.2, -0.15) is 5.26 Å². The molecule has 0 N–H and O–H groups in total. The predicted molar refractivity (Wildman–Crippen MR) is 70.6 cm³/mol. The second-order valence-electron chi connectivity index (χ2n) is 4.58. The standard InChI is InChI=1S/C14H15ClN2O/c15-13-3-1-11(2-4-13)14(18)12-5-8-17(9-6-12)10-7-16/h1-4,12H,5-6,8-10H2. The van der Waals surface area contributed by atoms with Crippen LogP contribution >= 0.6 is 11.6 Å². The fourth-order valence-electron chi connectivity index (χ4n) is 2.30. The summed E-state index contributed by atoms with van der Waals surface area (Å²) in [6, 6.07) is 9.21. The Morgan fingerprint density at radius 1 is 1.33 bits per heavy atom. The highest BCUT2D eigenvalue weighted by molar-refractivity contribution is 6.30. The monoisotopic (exact) mass is 262 g/mol. The Hall–Kier alpha value is -1.37. The van der Waals surface area contributed by atoms with E-state index in [0.29, 0.717) is 11.6 Å². The molecule has 1 aliphatic rings. The van der Waals surface area contributed by atoms with Crippen LogP contribution < -0.4 is 0 Å². The molecule has 0 bridgehead atoms. The van der Waals surface area contributed by atoms with E-state index in [0.717, 1.165) is 31.5 Å². The fraction of sp³-hybridized carbons (Fsp3) is 0.429. The molecule has 1 fully saturated rings. The largest absolute Gasteiger partial charge is 0.294 e. The number of nitriles is 1. The zero-order valence-electron chi connectivity index (χ0n) is 10.1. The van der Waals surface area contributed by atoms with Gasteiger partial charge in [0.15, 0.2) is 5.78 Å². The first-order chi connectivity index (χ1) is 8.70. The van der Waals surface area contributed by atoms with Crippen molar-refractivity contribution in [3.8, 4) is 6.07 Å². The summed E-state index contributed by atoms with van der Waals surface area (Å²) in [5, 5.41) is 9.27. The van der Waals surface area contributed by atoms with Gasteiger partial charge in [0.25, 0.3) is 0 Å². The van der Waals surface area contributed by atoms with Crippen molar-refractivity contribution in [2.24, 2.45) is 5.92 Å². The van der Waals surface area contributed by atoms with Gasteiger partial charge in [0.05, 0.1) is 12.6 Å². The molecule has 0 unspecified atom stereocenters. The highest BCUT2D eigenvalue weighted by Crippen LogP contribution is 2.22. The van der Waals surface area contributed by atoms with Crippen molar-refractivity contribution in [3.05, 3.63) is 34.9 Å². The van der Waals surface area contributed by atoms with Gasteiger partial charge in [-0.15, -0.1) is 0 Å². The van der Waals surface area contributed by atoms with Crippen LogP contribution in [0.15, 0.2) is 24.3 Å². The Morgan fingerprint density at radius 2 is 1.94 bits per heavy atom. The van der Waals surface area contributed by atoms with Crippen molar-refractivity contribution in [1.82, 2.24) is 4.90 Å². The van der Waals surface area contributed by atoms with Gasteiger partial charge in [-0.05, 0) is 50.2 Å². The van der Waals surface area contributed by atoms with Crippen molar-refractivity contribution in [3.63, 3.8) is 0 Å². The van der Waals surface area contributed by atoms with E-state index in [1.54, 1.807) is 24.3 Å². The third-order valence-electron chi connectivity index (χ3n) is 3.38. The Morgan fingerprint density at radius 3 is 2.50 bits per heavy atom. The number of benzene rings is 1. The molecule has 3 nitrogen and oxygen atoms in total. The maximum Gasteiger partial charge on any atom is 0.166 e. The molecule has 1 aromatic rings. The summed E-state index contributed by atoms with van der Waals surface area (Å²) in [4.78, 5) is 14.3. The molecule has 0 aliphatic carbocycles. The number of likely N-dealkylation sites (tertiary alicyclic amines) is 1. The smallest absolute Gasteiger partial charge is 0.166 e. The lowest BCUT2D eigenvalue weighted by Crippen LogP contribution is -2.36. The zero-order valence-corrected chi connectivity index (χ0v) is 10.9. The van der Waals surface area contributed by atoms with E-state index in [1.165, 1.54) is 0 Å². The van der Waals surface area contributed by atoms with E-state index in [4.69, 9.17) is 16.9 Å². The second kappa shape index (κ2) is 5.99. The lowest BCUT2D eigenvalue weighted by Gasteiger charge is -2.29. The number of ketones is 1. The van der Waals surface area contributed by atoms with E-state index in [9.17, 15) is 4.79 Å². The summed E-state index contributed by atoms with van der Waals surface area (Å²) >= 11 is 5.81. The lowest BCUT2D eigenvalue weighted by molar-refractivity contribution is 0.0849. The van der Waals surface area contributed by atoms with Crippen LogP contribution in [0.1, 0.15) is 23.2 Å². The van der Waals surface area contributed by atoms with Gasteiger partial charge < -0.3 is 0 Å². The number of Topliss-reactive ketones (excluding diaryl/α,β-unsaturated/α-hetero) is 1. The number of nitrogens with zero attached hydrogens (tertiary/aromatic N) is 2. The van der Waals surface area contributed by atoms with E-state index in [-0.39, 0.29) is 11.7 Å². The summed E-state index contributed by atoms with van der Waals surface area (Å²) in [6.45, 7) is 2.12. The van der Waals surface area contributed by atoms with Crippen molar-refractivity contribution in [2.75, 3.05) is 19.6 Å². The Labute approximate surface area is 112 Å². The van der Waals surface area contributed by atoms with Gasteiger partial charge in [-0.3, -0.25) is 9.69 Å². The Balaban J connectivity index is 1.95. The molecular formula is C14H15ClN2O. The molecule has 1 heterocycles. The molecule has 0 radical (unpaired) electrons. The molecule has 2 rings (SSSR count). The molecule has 1 saturated heterocycles. The van der Waals surface area contributed by atoms with Crippen LogP contribution in [0, 0.1) is 17.2 Å². The van der Waals surface area contributed by atoms with E-state index < -0.39 is 0 Å². The molecule has 1 aliphatic heterocycles. The van der Waals surface area contributed by atoms with Crippen LogP contribution in [-0.2, 0) is 0 Å². The number of rotatable bonds is 3. The Bertz CT molecular complexity index is 456. The van der Waals surface area contributed by atoms with Crippen LogP contribution in [-0.4, -0.2) is 30.3 Å². The fourth-order valence-corrected chi connectivity index (χ4v) is 2.43. The van der Waals surface area contributed by atoms with Crippen molar-refractivity contribution in [1.29, 1.82) is 5.26 Å². The van der Waals surface area contributed by atoms with E-state index >= 15 is 0 Å². The number of hydrogen-bond acceptors (Lipinski definition) is 3.